The van der Waals surface area contributed by atoms with E-state index in [-0.39, 0.29) is 17.6 Å². The lowest BCUT2D eigenvalue weighted by Gasteiger charge is -2.31. The van der Waals surface area contributed by atoms with E-state index in [1.807, 2.05) is 6.07 Å². The van der Waals surface area contributed by atoms with Gasteiger partial charge in [0.1, 0.15) is 24.0 Å². The molecule has 1 aromatic carbocycles. The Morgan fingerprint density at radius 3 is 3.04 bits per heavy atom. The molecule has 0 unspecified atom stereocenters. The van der Waals surface area contributed by atoms with Crippen LogP contribution >= 0.6 is 0 Å². The largest absolute Gasteiger partial charge is 0.478 e. The van der Waals surface area contributed by atoms with Crippen LogP contribution in [-0.4, -0.2) is 36.7 Å². The van der Waals surface area contributed by atoms with Crippen LogP contribution in [0.2, 0.25) is 0 Å². The second kappa shape index (κ2) is 6.30. The van der Waals surface area contributed by atoms with Crippen molar-refractivity contribution in [3.8, 4) is 11.5 Å². The standard InChI is InChI=1S/C20H19NO5/c22-19-15-5-6-17-16(11-21(12-25-17)10-14-4-2-8-24-14)20(15)26-18(19)9-13-3-1-7-23-13/h1,3,5-7,9,14H,2,4,8,10-12H2/b18-9-/t14-/m0/s1. The van der Waals surface area contributed by atoms with Gasteiger partial charge in [0.05, 0.1) is 23.5 Å². The molecular formula is C20H19NO5. The molecule has 0 spiro atoms. The van der Waals surface area contributed by atoms with Gasteiger partial charge in [-0.2, -0.15) is 0 Å². The lowest BCUT2D eigenvalue weighted by Crippen LogP contribution is -2.37. The SMILES string of the molecule is O=C1/C(=C/c2ccco2)Oc2c1ccc1c2CN(C[C@@H]2CCCO2)CO1. The van der Waals surface area contributed by atoms with Crippen molar-refractivity contribution in [1.82, 2.24) is 4.90 Å². The molecule has 6 heteroatoms. The number of Topliss-reactive ketones (excluding diaryl/α,β-unsaturated/α-hetero) is 1. The van der Waals surface area contributed by atoms with Gasteiger partial charge in [-0.05, 0) is 37.1 Å². The highest BCUT2D eigenvalue weighted by atomic mass is 16.5. The summed E-state index contributed by atoms with van der Waals surface area (Å²) in [7, 11) is 0. The fraction of sp³-hybridized carbons (Fsp3) is 0.350. The first kappa shape index (κ1) is 15.7. The number of ether oxygens (including phenoxy) is 3. The van der Waals surface area contributed by atoms with Crippen molar-refractivity contribution in [3.63, 3.8) is 0 Å². The molecule has 0 radical (unpaired) electrons. The smallest absolute Gasteiger partial charge is 0.232 e. The van der Waals surface area contributed by atoms with Gasteiger partial charge in [0, 0.05) is 25.8 Å². The van der Waals surface area contributed by atoms with Gasteiger partial charge < -0.3 is 18.6 Å². The highest BCUT2D eigenvalue weighted by Gasteiger charge is 2.34. The summed E-state index contributed by atoms with van der Waals surface area (Å²) in [5, 5.41) is 0. The predicted molar refractivity (Wildman–Crippen MR) is 93.0 cm³/mol. The molecule has 6 nitrogen and oxygen atoms in total. The van der Waals surface area contributed by atoms with Crippen LogP contribution in [-0.2, 0) is 11.3 Å². The lowest BCUT2D eigenvalue weighted by molar-refractivity contribution is 0.0274. The van der Waals surface area contributed by atoms with E-state index in [4.69, 9.17) is 18.6 Å². The Morgan fingerprint density at radius 2 is 2.23 bits per heavy atom. The van der Waals surface area contributed by atoms with Gasteiger partial charge >= 0.3 is 0 Å². The molecule has 2 aromatic rings. The summed E-state index contributed by atoms with van der Waals surface area (Å²) in [5.74, 6) is 2.11. The number of furan rings is 1. The van der Waals surface area contributed by atoms with Crippen LogP contribution in [0.3, 0.4) is 0 Å². The number of nitrogens with zero attached hydrogens (tertiary/aromatic N) is 1. The van der Waals surface area contributed by atoms with E-state index in [2.05, 4.69) is 4.90 Å². The second-order valence-corrected chi connectivity index (χ2v) is 6.79. The first-order valence-corrected chi connectivity index (χ1v) is 8.88. The van der Waals surface area contributed by atoms with Crippen molar-refractivity contribution < 1.29 is 23.4 Å². The molecule has 1 atom stereocenters. The third kappa shape index (κ3) is 2.71. The highest BCUT2D eigenvalue weighted by molar-refractivity contribution is 6.14. The highest BCUT2D eigenvalue weighted by Crippen LogP contribution is 2.42. The molecule has 3 aliphatic heterocycles. The topological polar surface area (TPSA) is 61.1 Å². The van der Waals surface area contributed by atoms with E-state index in [1.165, 1.54) is 0 Å². The zero-order chi connectivity index (χ0) is 17.5. The van der Waals surface area contributed by atoms with Gasteiger partial charge in [0.2, 0.25) is 5.78 Å². The zero-order valence-electron chi connectivity index (χ0n) is 14.3. The van der Waals surface area contributed by atoms with E-state index in [9.17, 15) is 4.79 Å². The molecule has 0 aliphatic carbocycles. The minimum Gasteiger partial charge on any atom is -0.478 e. The molecule has 1 aromatic heterocycles. The molecule has 0 N–H and O–H groups in total. The molecular weight excluding hydrogens is 334 g/mol. The lowest BCUT2D eigenvalue weighted by atomic mass is 10.0. The summed E-state index contributed by atoms with van der Waals surface area (Å²) in [6, 6.07) is 7.19. The maximum Gasteiger partial charge on any atom is 0.232 e. The number of rotatable bonds is 3. The normalized spacial score (nSPS) is 23.6. The van der Waals surface area contributed by atoms with Crippen LogP contribution < -0.4 is 9.47 Å². The molecule has 0 saturated carbocycles. The average Bonchev–Trinajstić information content (AvgIpc) is 3.39. The molecule has 1 fully saturated rings. The fourth-order valence-electron chi connectivity index (χ4n) is 3.70. The van der Waals surface area contributed by atoms with Crippen molar-refractivity contribution in [1.29, 1.82) is 0 Å². The number of allylic oxidation sites excluding steroid dienone is 1. The zero-order valence-corrected chi connectivity index (χ0v) is 14.3. The summed E-state index contributed by atoms with van der Waals surface area (Å²) < 4.78 is 22.8. The van der Waals surface area contributed by atoms with Crippen molar-refractivity contribution in [3.05, 3.63) is 53.2 Å². The quantitative estimate of drug-likeness (QED) is 0.790. The fourth-order valence-corrected chi connectivity index (χ4v) is 3.70. The monoisotopic (exact) mass is 353 g/mol. The number of carbonyl (C=O) groups is 1. The van der Waals surface area contributed by atoms with Crippen molar-refractivity contribution >= 4 is 11.9 Å². The third-order valence-corrected chi connectivity index (χ3v) is 4.98. The van der Waals surface area contributed by atoms with Crippen LogP contribution in [0, 0.1) is 0 Å². The number of benzene rings is 1. The van der Waals surface area contributed by atoms with Crippen LogP contribution in [0.1, 0.15) is 34.5 Å². The minimum absolute atomic E-state index is 0.129. The first-order valence-electron chi connectivity index (χ1n) is 8.88. The van der Waals surface area contributed by atoms with Crippen LogP contribution in [0.5, 0.6) is 11.5 Å². The van der Waals surface area contributed by atoms with Gasteiger partial charge in [-0.25, -0.2) is 0 Å². The summed E-state index contributed by atoms with van der Waals surface area (Å²) in [5.41, 5.74) is 1.49. The van der Waals surface area contributed by atoms with Crippen molar-refractivity contribution in [2.45, 2.75) is 25.5 Å². The molecule has 3 aliphatic rings. The van der Waals surface area contributed by atoms with Crippen molar-refractivity contribution in [2.75, 3.05) is 19.9 Å². The summed E-state index contributed by atoms with van der Waals surface area (Å²) in [6.07, 6.45) is 5.65. The van der Waals surface area contributed by atoms with E-state index < -0.39 is 0 Å². The Kier molecular flexibility index (Phi) is 3.80. The van der Waals surface area contributed by atoms with Crippen molar-refractivity contribution in [2.24, 2.45) is 0 Å². The first-order chi connectivity index (χ1) is 12.8. The van der Waals surface area contributed by atoms with Gasteiger partial charge in [-0.3, -0.25) is 9.69 Å². The summed E-state index contributed by atoms with van der Waals surface area (Å²) in [4.78, 5) is 14.9. The van der Waals surface area contributed by atoms with Gasteiger partial charge in [-0.15, -0.1) is 0 Å². The molecule has 5 rings (SSSR count). The molecule has 134 valence electrons. The minimum atomic E-state index is -0.129. The van der Waals surface area contributed by atoms with E-state index >= 15 is 0 Å². The predicted octanol–water partition coefficient (Wildman–Crippen LogP) is 3.23. The van der Waals surface area contributed by atoms with Crippen LogP contribution in [0.4, 0.5) is 0 Å². The molecule has 1 saturated heterocycles. The van der Waals surface area contributed by atoms with E-state index in [1.54, 1.807) is 30.5 Å². The maximum absolute atomic E-state index is 12.7. The number of hydrogen-bond acceptors (Lipinski definition) is 6. The number of ketones is 1. The van der Waals surface area contributed by atoms with E-state index in [0.29, 0.717) is 30.3 Å². The van der Waals surface area contributed by atoms with Crippen LogP contribution in [0.15, 0.2) is 40.7 Å². The van der Waals surface area contributed by atoms with Gasteiger partial charge in [0.15, 0.2) is 5.76 Å². The summed E-state index contributed by atoms with van der Waals surface area (Å²) in [6.45, 7) is 2.87. The number of hydrogen-bond donors (Lipinski definition) is 0. The average molecular weight is 353 g/mol. The summed E-state index contributed by atoms with van der Waals surface area (Å²) >= 11 is 0. The van der Waals surface area contributed by atoms with E-state index in [0.717, 1.165) is 37.3 Å². The third-order valence-electron chi connectivity index (χ3n) is 4.98. The number of fused-ring (bicyclic) bond motifs is 3. The Morgan fingerprint density at radius 1 is 1.27 bits per heavy atom. The Balaban J connectivity index is 1.42. The van der Waals surface area contributed by atoms with Crippen LogP contribution in [0.25, 0.3) is 6.08 Å². The Hall–Kier alpha value is -2.57. The Labute approximate surface area is 150 Å². The molecule has 0 amide bonds. The molecule has 26 heavy (non-hydrogen) atoms. The maximum atomic E-state index is 12.7. The Bertz CT molecular complexity index is 865. The number of carbonyl (C=O) groups excluding carboxylic acids is 1. The molecule has 0 bridgehead atoms. The second-order valence-electron chi connectivity index (χ2n) is 6.79. The van der Waals surface area contributed by atoms with Gasteiger partial charge in [-0.1, -0.05) is 0 Å². The molecule has 4 heterocycles. The van der Waals surface area contributed by atoms with Gasteiger partial charge in [0.25, 0.3) is 0 Å².